The van der Waals surface area contributed by atoms with Crippen LogP contribution in [0.15, 0.2) is 40.9 Å². The Kier molecular flexibility index (Phi) is 5.76. The van der Waals surface area contributed by atoms with Gasteiger partial charge in [-0.3, -0.25) is 0 Å². The molecule has 0 fully saturated rings. The van der Waals surface area contributed by atoms with E-state index in [1.165, 1.54) is 6.07 Å². The summed E-state index contributed by atoms with van der Waals surface area (Å²) in [6.45, 7) is 0.394. The van der Waals surface area contributed by atoms with Crippen molar-refractivity contribution in [1.82, 2.24) is 5.32 Å². The second kappa shape index (κ2) is 7.58. The first-order valence-electron chi connectivity index (χ1n) is 6.76. The van der Waals surface area contributed by atoms with Gasteiger partial charge in [-0.1, -0.05) is 12.1 Å². The molecule has 2 aromatic carbocycles. The summed E-state index contributed by atoms with van der Waals surface area (Å²) in [6, 6.07) is 10.3. The molecule has 22 heavy (non-hydrogen) atoms. The lowest BCUT2D eigenvalue weighted by molar-refractivity contribution is 0.243. The van der Waals surface area contributed by atoms with Gasteiger partial charge in [0.2, 0.25) is 0 Å². The molecule has 0 saturated heterocycles. The third kappa shape index (κ3) is 3.97. The molecule has 0 spiro atoms. The first-order chi connectivity index (χ1) is 10.5. The Balaban J connectivity index is 2.08. The van der Waals surface area contributed by atoms with Gasteiger partial charge in [-0.25, -0.2) is 4.39 Å². The van der Waals surface area contributed by atoms with Crippen LogP contribution in [0.4, 0.5) is 10.1 Å². The van der Waals surface area contributed by atoms with Crippen LogP contribution in [0.5, 0.6) is 5.75 Å². The number of ether oxygens (including phenoxy) is 1. The second-order valence-electron chi connectivity index (χ2n) is 4.86. The summed E-state index contributed by atoms with van der Waals surface area (Å²) < 4.78 is 19.3. The maximum atomic E-state index is 13.7. The minimum Gasteiger partial charge on any atom is -0.497 e. The number of anilines is 1. The Labute approximate surface area is 137 Å². The van der Waals surface area contributed by atoms with Crippen LogP contribution in [0, 0.1) is 5.82 Å². The zero-order valence-corrected chi connectivity index (χ0v) is 13.7. The molecule has 0 saturated carbocycles. The summed E-state index contributed by atoms with van der Waals surface area (Å²) in [5.74, 6) is 0.279. The Hall–Kier alpha value is -1.63. The molecule has 1 atom stereocenters. The molecule has 4 nitrogen and oxygen atoms in total. The molecular weight excluding hydrogens is 351 g/mol. The fourth-order valence-electron chi connectivity index (χ4n) is 2.08. The minimum atomic E-state index is -0.505. The molecule has 0 aliphatic carbocycles. The first-order valence-corrected chi connectivity index (χ1v) is 7.56. The Bertz CT molecular complexity index is 612. The molecule has 0 aliphatic heterocycles. The summed E-state index contributed by atoms with van der Waals surface area (Å²) in [4.78, 5) is 0. The highest BCUT2D eigenvalue weighted by atomic mass is 79.9. The monoisotopic (exact) mass is 368 g/mol. The van der Waals surface area contributed by atoms with Crippen LogP contribution in [0.25, 0.3) is 0 Å². The van der Waals surface area contributed by atoms with Gasteiger partial charge in [-0.2, -0.15) is 0 Å². The largest absolute Gasteiger partial charge is 0.497 e. The number of methoxy groups -OCH3 is 1. The van der Waals surface area contributed by atoms with Crippen LogP contribution in [-0.4, -0.2) is 18.8 Å². The zero-order valence-electron chi connectivity index (χ0n) is 12.1. The standard InChI is InChI=1S/C16H18BrFN2O2/c1-22-12-4-2-10(3-5-12)8-20-15(9-21)11-6-13(17)16(19)14(18)7-11/h2-7,15,20-21H,8-9,19H2,1H3. The predicted octanol–water partition coefficient (Wildman–Crippen LogP) is 3.00. The van der Waals surface area contributed by atoms with E-state index in [1.807, 2.05) is 24.3 Å². The number of halogens is 2. The normalized spacial score (nSPS) is 12.2. The smallest absolute Gasteiger partial charge is 0.147 e. The third-order valence-corrected chi connectivity index (χ3v) is 4.05. The lowest BCUT2D eigenvalue weighted by Gasteiger charge is -2.18. The van der Waals surface area contributed by atoms with Gasteiger partial charge in [-0.05, 0) is 51.3 Å². The molecule has 0 amide bonds. The molecule has 6 heteroatoms. The van der Waals surface area contributed by atoms with E-state index in [9.17, 15) is 9.50 Å². The number of nitrogens with one attached hydrogen (secondary N) is 1. The number of nitrogen functional groups attached to an aromatic ring is 1. The average molecular weight is 369 g/mol. The molecule has 118 valence electrons. The van der Waals surface area contributed by atoms with Crippen molar-refractivity contribution < 1.29 is 14.2 Å². The molecule has 0 radical (unpaired) electrons. The van der Waals surface area contributed by atoms with Crippen LogP contribution < -0.4 is 15.8 Å². The summed E-state index contributed by atoms with van der Waals surface area (Å²) in [5, 5.41) is 12.7. The molecule has 4 N–H and O–H groups in total. The Morgan fingerprint density at radius 3 is 2.55 bits per heavy atom. The maximum Gasteiger partial charge on any atom is 0.147 e. The van der Waals surface area contributed by atoms with Crippen molar-refractivity contribution in [2.75, 3.05) is 19.5 Å². The summed E-state index contributed by atoms with van der Waals surface area (Å²) >= 11 is 3.22. The van der Waals surface area contributed by atoms with Crippen LogP contribution in [0.1, 0.15) is 17.2 Å². The summed E-state index contributed by atoms with van der Waals surface area (Å²) in [7, 11) is 1.61. The Morgan fingerprint density at radius 1 is 1.32 bits per heavy atom. The highest BCUT2D eigenvalue weighted by Gasteiger charge is 2.14. The molecule has 1 unspecified atom stereocenters. The van der Waals surface area contributed by atoms with E-state index in [-0.39, 0.29) is 18.3 Å². The number of hydrogen-bond acceptors (Lipinski definition) is 4. The highest BCUT2D eigenvalue weighted by Crippen LogP contribution is 2.27. The van der Waals surface area contributed by atoms with E-state index >= 15 is 0 Å². The van der Waals surface area contributed by atoms with E-state index < -0.39 is 5.82 Å². The van der Waals surface area contributed by atoms with Gasteiger partial charge in [0.15, 0.2) is 0 Å². The van der Waals surface area contributed by atoms with Crippen LogP contribution in [-0.2, 0) is 6.54 Å². The maximum absolute atomic E-state index is 13.7. The number of rotatable bonds is 6. The number of aliphatic hydroxyl groups is 1. The Morgan fingerprint density at radius 2 is 2.00 bits per heavy atom. The number of nitrogens with two attached hydrogens (primary N) is 1. The van der Waals surface area contributed by atoms with Crippen molar-refractivity contribution in [3.05, 3.63) is 57.8 Å². The van der Waals surface area contributed by atoms with Crippen molar-refractivity contribution in [3.8, 4) is 5.75 Å². The highest BCUT2D eigenvalue weighted by molar-refractivity contribution is 9.10. The molecule has 0 heterocycles. The molecule has 0 bridgehead atoms. The number of benzene rings is 2. The van der Waals surface area contributed by atoms with Gasteiger partial charge in [0.1, 0.15) is 11.6 Å². The van der Waals surface area contributed by atoms with Gasteiger partial charge < -0.3 is 20.9 Å². The van der Waals surface area contributed by atoms with E-state index in [4.69, 9.17) is 10.5 Å². The van der Waals surface area contributed by atoms with Crippen molar-refractivity contribution in [2.24, 2.45) is 0 Å². The minimum absolute atomic E-state index is 0.0654. The number of aliphatic hydroxyl groups excluding tert-OH is 1. The molecular formula is C16H18BrFN2O2. The molecule has 0 aliphatic rings. The molecule has 2 rings (SSSR count). The quantitative estimate of drug-likeness (QED) is 0.685. The average Bonchev–Trinajstić information content (AvgIpc) is 2.53. The van der Waals surface area contributed by atoms with Crippen LogP contribution >= 0.6 is 15.9 Å². The van der Waals surface area contributed by atoms with Crippen molar-refractivity contribution >= 4 is 21.6 Å². The van der Waals surface area contributed by atoms with Gasteiger partial charge in [0.25, 0.3) is 0 Å². The van der Waals surface area contributed by atoms with Gasteiger partial charge in [0.05, 0.1) is 25.4 Å². The van der Waals surface area contributed by atoms with Gasteiger partial charge in [0, 0.05) is 11.0 Å². The van der Waals surface area contributed by atoms with E-state index in [0.29, 0.717) is 16.6 Å². The second-order valence-corrected chi connectivity index (χ2v) is 5.72. The third-order valence-electron chi connectivity index (χ3n) is 3.40. The lowest BCUT2D eigenvalue weighted by Crippen LogP contribution is -2.24. The van der Waals surface area contributed by atoms with E-state index in [1.54, 1.807) is 13.2 Å². The zero-order chi connectivity index (χ0) is 16.1. The van der Waals surface area contributed by atoms with Crippen LogP contribution in [0.3, 0.4) is 0 Å². The number of hydrogen-bond donors (Lipinski definition) is 3. The molecule has 2 aromatic rings. The van der Waals surface area contributed by atoms with Crippen LogP contribution in [0.2, 0.25) is 0 Å². The van der Waals surface area contributed by atoms with Crippen molar-refractivity contribution in [2.45, 2.75) is 12.6 Å². The first kappa shape index (κ1) is 16.7. The summed E-state index contributed by atoms with van der Waals surface area (Å²) in [5.41, 5.74) is 7.30. The van der Waals surface area contributed by atoms with E-state index in [2.05, 4.69) is 21.2 Å². The summed E-state index contributed by atoms with van der Waals surface area (Å²) in [6.07, 6.45) is 0. The lowest BCUT2D eigenvalue weighted by atomic mass is 10.1. The van der Waals surface area contributed by atoms with Crippen molar-refractivity contribution in [3.63, 3.8) is 0 Å². The van der Waals surface area contributed by atoms with Crippen molar-refractivity contribution in [1.29, 1.82) is 0 Å². The SMILES string of the molecule is COc1ccc(CNC(CO)c2cc(F)c(N)c(Br)c2)cc1. The fourth-order valence-corrected chi connectivity index (χ4v) is 2.53. The topological polar surface area (TPSA) is 67.5 Å². The fraction of sp³-hybridized carbons (Fsp3) is 0.250. The van der Waals surface area contributed by atoms with Gasteiger partial charge in [-0.15, -0.1) is 0 Å². The van der Waals surface area contributed by atoms with Gasteiger partial charge >= 0.3 is 0 Å². The molecule has 0 aromatic heterocycles. The van der Waals surface area contributed by atoms with E-state index in [0.717, 1.165) is 11.3 Å². The predicted molar refractivity (Wildman–Crippen MR) is 88.2 cm³/mol.